The molecule has 0 saturated heterocycles. The fraction of sp³-hybridized carbons (Fsp3) is 0.889. The van der Waals surface area contributed by atoms with Crippen molar-refractivity contribution in [2.45, 2.75) is 26.2 Å². The summed E-state index contributed by atoms with van der Waals surface area (Å²) in [7, 11) is 1.35. The van der Waals surface area contributed by atoms with Gasteiger partial charge in [0.15, 0.2) is 0 Å². The highest BCUT2D eigenvalue weighted by molar-refractivity contribution is 5.69. The Hall–Kier alpha value is -1.26. The normalized spacial score (nSPS) is 10.7. The Morgan fingerprint density at radius 1 is 0.556 bits per heavy atom. The van der Waals surface area contributed by atoms with Gasteiger partial charge in [-0.1, -0.05) is 6.92 Å². The Morgan fingerprint density at radius 2 is 0.963 bits per heavy atom. The van der Waals surface area contributed by atoms with E-state index in [1.165, 1.54) is 7.11 Å². The van der Waals surface area contributed by atoms with Gasteiger partial charge < -0.3 is 33.2 Å². The standard InChI is InChI=1S/C18H34O9/c1-3-4-18(20)27-16-15-26-14-13-25-12-11-24-10-9-23-8-7-22-6-5-17(19)21-2/h3-16H2,1-2H3. The summed E-state index contributed by atoms with van der Waals surface area (Å²) in [6.45, 7) is 6.61. The Balaban J connectivity index is 3.07. The summed E-state index contributed by atoms with van der Waals surface area (Å²) in [4.78, 5) is 21.9. The third-order valence-corrected chi connectivity index (χ3v) is 3.11. The lowest BCUT2D eigenvalue weighted by Gasteiger charge is -2.08. The van der Waals surface area contributed by atoms with E-state index in [0.717, 1.165) is 6.42 Å². The molecule has 0 saturated carbocycles. The molecule has 160 valence electrons. The molecule has 0 heterocycles. The van der Waals surface area contributed by atoms with E-state index in [2.05, 4.69) is 4.74 Å². The molecule has 0 radical (unpaired) electrons. The van der Waals surface area contributed by atoms with Crippen LogP contribution < -0.4 is 0 Å². The van der Waals surface area contributed by atoms with Gasteiger partial charge in [-0.25, -0.2) is 0 Å². The number of carbonyl (C=O) groups is 2. The van der Waals surface area contributed by atoms with Gasteiger partial charge in [-0.3, -0.25) is 9.59 Å². The van der Waals surface area contributed by atoms with Crippen molar-refractivity contribution < 1.29 is 42.7 Å². The summed E-state index contributed by atoms with van der Waals surface area (Å²) in [5.41, 5.74) is 0. The first kappa shape index (κ1) is 25.7. The maximum Gasteiger partial charge on any atom is 0.307 e. The third kappa shape index (κ3) is 20.9. The van der Waals surface area contributed by atoms with Crippen molar-refractivity contribution in [3.8, 4) is 0 Å². The highest BCUT2D eigenvalue weighted by Crippen LogP contribution is 1.91. The van der Waals surface area contributed by atoms with Crippen LogP contribution >= 0.6 is 0 Å². The minimum atomic E-state index is -0.286. The van der Waals surface area contributed by atoms with Crippen LogP contribution in [-0.2, 0) is 42.7 Å². The van der Waals surface area contributed by atoms with E-state index in [1.807, 2.05) is 6.92 Å². The molecule has 0 fully saturated rings. The molecule has 0 amide bonds. The lowest BCUT2D eigenvalue weighted by Crippen LogP contribution is -2.15. The van der Waals surface area contributed by atoms with E-state index in [9.17, 15) is 9.59 Å². The number of hydrogen-bond acceptors (Lipinski definition) is 9. The summed E-state index contributed by atoms with van der Waals surface area (Å²) in [5, 5.41) is 0. The van der Waals surface area contributed by atoms with Gasteiger partial charge in [-0.05, 0) is 6.42 Å². The van der Waals surface area contributed by atoms with Crippen molar-refractivity contribution in [2.75, 3.05) is 79.8 Å². The Labute approximate surface area is 161 Å². The summed E-state index contributed by atoms with van der Waals surface area (Å²) >= 11 is 0. The summed E-state index contributed by atoms with van der Waals surface area (Å²) in [5.74, 6) is -0.476. The second-order valence-corrected chi connectivity index (χ2v) is 5.36. The van der Waals surface area contributed by atoms with E-state index < -0.39 is 0 Å². The van der Waals surface area contributed by atoms with Crippen molar-refractivity contribution in [1.29, 1.82) is 0 Å². The first-order valence-corrected chi connectivity index (χ1v) is 9.31. The van der Waals surface area contributed by atoms with Crippen LogP contribution in [0.25, 0.3) is 0 Å². The van der Waals surface area contributed by atoms with Gasteiger partial charge in [0.05, 0.1) is 79.6 Å². The van der Waals surface area contributed by atoms with E-state index in [1.54, 1.807) is 0 Å². The predicted molar refractivity (Wildman–Crippen MR) is 96.6 cm³/mol. The maximum atomic E-state index is 11.1. The fourth-order valence-corrected chi connectivity index (χ4v) is 1.73. The molecule has 0 bridgehead atoms. The number of carbonyl (C=O) groups excluding carboxylic acids is 2. The monoisotopic (exact) mass is 394 g/mol. The third-order valence-electron chi connectivity index (χ3n) is 3.11. The molecule has 0 rings (SSSR count). The summed E-state index contributed by atoms with van der Waals surface area (Å²) in [6.07, 6.45) is 1.48. The molecule has 0 atom stereocenters. The van der Waals surface area contributed by atoms with Crippen LogP contribution in [0, 0.1) is 0 Å². The van der Waals surface area contributed by atoms with Crippen LogP contribution in [0.15, 0.2) is 0 Å². The largest absolute Gasteiger partial charge is 0.469 e. The Morgan fingerprint density at radius 3 is 1.37 bits per heavy atom. The van der Waals surface area contributed by atoms with E-state index >= 15 is 0 Å². The number of hydrogen-bond donors (Lipinski definition) is 0. The maximum absolute atomic E-state index is 11.1. The summed E-state index contributed by atoms with van der Waals surface area (Å²) in [6, 6.07) is 0. The van der Waals surface area contributed by atoms with E-state index in [-0.39, 0.29) is 25.0 Å². The number of rotatable bonds is 20. The number of esters is 2. The van der Waals surface area contributed by atoms with Crippen molar-refractivity contribution in [3.05, 3.63) is 0 Å². The van der Waals surface area contributed by atoms with Gasteiger partial charge >= 0.3 is 11.9 Å². The lowest BCUT2D eigenvalue weighted by atomic mass is 10.3. The van der Waals surface area contributed by atoms with Crippen LogP contribution in [0.2, 0.25) is 0 Å². The molecule has 0 N–H and O–H groups in total. The molecule has 27 heavy (non-hydrogen) atoms. The highest BCUT2D eigenvalue weighted by Gasteiger charge is 2.00. The lowest BCUT2D eigenvalue weighted by molar-refractivity contribution is -0.145. The Bertz CT molecular complexity index is 350. The van der Waals surface area contributed by atoms with Crippen LogP contribution in [0.3, 0.4) is 0 Å². The van der Waals surface area contributed by atoms with Crippen LogP contribution in [0.4, 0.5) is 0 Å². The molecule has 0 aromatic heterocycles. The minimum absolute atomic E-state index is 0.190. The van der Waals surface area contributed by atoms with Gasteiger partial charge in [0.1, 0.15) is 6.61 Å². The SMILES string of the molecule is CCCC(=O)OCCOCCOCCOCCOCCOCCC(=O)OC. The zero-order valence-corrected chi connectivity index (χ0v) is 16.6. The quantitative estimate of drug-likeness (QED) is 0.221. The molecular weight excluding hydrogens is 360 g/mol. The first-order valence-electron chi connectivity index (χ1n) is 9.31. The second kappa shape index (κ2) is 21.0. The summed E-state index contributed by atoms with van der Waals surface area (Å²) < 4.78 is 36.0. The number of methoxy groups -OCH3 is 1. The predicted octanol–water partition coefficient (Wildman–Crippen LogP) is 0.976. The molecule has 0 aromatic carbocycles. The van der Waals surface area contributed by atoms with Crippen molar-refractivity contribution in [2.24, 2.45) is 0 Å². The molecule has 0 aliphatic rings. The molecule has 0 aliphatic carbocycles. The molecule has 0 aromatic rings. The average molecular weight is 394 g/mol. The first-order chi connectivity index (χ1) is 13.2. The fourth-order valence-electron chi connectivity index (χ4n) is 1.73. The van der Waals surface area contributed by atoms with Crippen LogP contribution in [0.1, 0.15) is 26.2 Å². The van der Waals surface area contributed by atoms with Gasteiger partial charge in [0, 0.05) is 6.42 Å². The Kier molecular flexibility index (Phi) is 20.1. The van der Waals surface area contributed by atoms with Crippen LogP contribution in [-0.4, -0.2) is 91.7 Å². The van der Waals surface area contributed by atoms with E-state index in [0.29, 0.717) is 72.5 Å². The second-order valence-electron chi connectivity index (χ2n) is 5.36. The number of ether oxygens (including phenoxy) is 7. The van der Waals surface area contributed by atoms with Crippen LogP contribution in [0.5, 0.6) is 0 Å². The smallest absolute Gasteiger partial charge is 0.307 e. The zero-order chi connectivity index (χ0) is 20.0. The average Bonchev–Trinajstić information content (AvgIpc) is 2.67. The van der Waals surface area contributed by atoms with Gasteiger partial charge in [0.2, 0.25) is 0 Å². The molecular formula is C18H34O9. The minimum Gasteiger partial charge on any atom is -0.469 e. The van der Waals surface area contributed by atoms with E-state index in [4.69, 9.17) is 28.4 Å². The molecule has 0 unspecified atom stereocenters. The van der Waals surface area contributed by atoms with Gasteiger partial charge in [-0.2, -0.15) is 0 Å². The molecule has 0 aliphatic heterocycles. The van der Waals surface area contributed by atoms with Gasteiger partial charge in [0.25, 0.3) is 0 Å². The van der Waals surface area contributed by atoms with Crippen molar-refractivity contribution in [1.82, 2.24) is 0 Å². The molecule has 9 heteroatoms. The van der Waals surface area contributed by atoms with Crippen molar-refractivity contribution >= 4 is 11.9 Å². The molecule has 0 spiro atoms. The molecule has 9 nitrogen and oxygen atoms in total. The van der Waals surface area contributed by atoms with Crippen molar-refractivity contribution in [3.63, 3.8) is 0 Å². The zero-order valence-electron chi connectivity index (χ0n) is 16.6. The topological polar surface area (TPSA) is 98.8 Å². The highest BCUT2D eigenvalue weighted by atomic mass is 16.6. The van der Waals surface area contributed by atoms with Gasteiger partial charge in [-0.15, -0.1) is 0 Å².